The lowest BCUT2D eigenvalue weighted by molar-refractivity contribution is 0.0250. The van der Waals surface area contributed by atoms with Gasteiger partial charge in [-0.15, -0.1) is 0 Å². The molecule has 0 amide bonds. The van der Waals surface area contributed by atoms with E-state index in [4.69, 9.17) is 21.8 Å². The normalized spacial score (nSPS) is 35.3. The van der Waals surface area contributed by atoms with E-state index in [1.54, 1.807) is 12.1 Å². The van der Waals surface area contributed by atoms with Crippen LogP contribution in [0.4, 0.5) is 0 Å². The van der Waals surface area contributed by atoms with Gasteiger partial charge in [-0.25, -0.2) is 0 Å². The highest BCUT2D eigenvalue weighted by atomic mass is 35.5. The molecule has 0 bridgehead atoms. The fraction of sp³-hybridized carbons (Fsp3) is 0.444. The van der Waals surface area contributed by atoms with Gasteiger partial charge in [0, 0.05) is 22.0 Å². The first-order valence-corrected chi connectivity index (χ1v) is 4.24. The molecule has 1 N–H and O–H groups in total. The molecule has 0 aliphatic carbocycles. The molecule has 0 saturated carbocycles. The summed E-state index contributed by atoms with van der Waals surface area (Å²) < 4.78 is 35.0. The number of rotatable bonds is 1. The van der Waals surface area contributed by atoms with Crippen molar-refractivity contribution in [2.75, 3.05) is 19.6 Å². The van der Waals surface area contributed by atoms with Crippen molar-refractivity contribution in [3.63, 3.8) is 0 Å². The fourth-order valence-corrected chi connectivity index (χ4v) is 1.18. The minimum Gasteiger partial charge on any atom is -0.369 e. The zero-order chi connectivity index (χ0) is 12.7. The zero-order valence-electron chi connectivity index (χ0n) is 10.7. The first-order chi connectivity index (χ1) is 7.82. The highest BCUT2D eigenvalue weighted by Gasteiger charge is 2.16. The number of pyridine rings is 1. The first-order valence-electron chi connectivity index (χ1n) is 5.86. The van der Waals surface area contributed by atoms with Crippen molar-refractivity contribution in [1.82, 2.24) is 10.3 Å². The number of nitrogens with zero attached hydrogens (tertiary/aromatic N) is 1. The van der Waals surface area contributed by atoms with E-state index in [9.17, 15) is 0 Å². The van der Waals surface area contributed by atoms with Crippen LogP contribution in [0.1, 0.15) is 17.3 Å². The Morgan fingerprint density at radius 3 is 3.31 bits per heavy atom. The van der Waals surface area contributed by atoms with Crippen molar-refractivity contribution in [2.24, 2.45) is 0 Å². The van der Waals surface area contributed by atoms with Gasteiger partial charge in [-0.05, 0) is 12.1 Å². The minimum atomic E-state index is -2.41. The third-order valence-corrected chi connectivity index (χ3v) is 1.93. The van der Waals surface area contributed by atoms with Crippen molar-refractivity contribution in [1.29, 1.82) is 0 Å². The first kappa shape index (κ1) is 5.29. The summed E-state index contributed by atoms with van der Waals surface area (Å²) in [7, 11) is 0. The van der Waals surface area contributed by atoms with Crippen LogP contribution in [-0.2, 0) is 4.74 Å². The number of morpholine rings is 1. The average Bonchev–Trinajstić information content (AvgIpc) is 2.23. The molecule has 2 heterocycles. The number of aromatic nitrogens is 1. The average molecular weight is 203 g/mol. The molecule has 1 atom stereocenters. The second-order valence-corrected chi connectivity index (χ2v) is 3.05. The highest BCUT2D eigenvalue weighted by Crippen LogP contribution is 2.17. The van der Waals surface area contributed by atoms with E-state index in [1.165, 1.54) is 6.20 Å². The van der Waals surface area contributed by atoms with Gasteiger partial charge in [0.15, 0.2) is 0 Å². The molecule has 0 radical (unpaired) electrons. The Morgan fingerprint density at radius 2 is 2.62 bits per heavy atom. The Labute approximate surface area is 87.7 Å². The van der Waals surface area contributed by atoms with Gasteiger partial charge in [0.2, 0.25) is 0 Å². The summed E-state index contributed by atoms with van der Waals surface area (Å²) in [5.74, 6) is 0. The Hall–Kier alpha value is -0.640. The second-order valence-electron chi connectivity index (χ2n) is 2.62. The number of hydrogen-bond donors (Lipinski definition) is 1. The largest absolute Gasteiger partial charge is 0.369 e. The summed E-state index contributed by atoms with van der Waals surface area (Å²) in [6.45, 7) is -4.46. The van der Waals surface area contributed by atoms with E-state index in [0.717, 1.165) is 0 Å². The van der Waals surface area contributed by atoms with Gasteiger partial charge in [0.05, 0.1) is 20.0 Å². The lowest BCUT2D eigenvalue weighted by atomic mass is 10.2. The van der Waals surface area contributed by atoms with Crippen molar-refractivity contribution < 1.29 is 10.2 Å². The quantitative estimate of drug-likeness (QED) is 0.748. The monoisotopic (exact) mass is 202 g/mol. The molecule has 13 heavy (non-hydrogen) atoms. The van der Waals surface area contributed by atoms with E-state index in [2.05, 4.69) is 10.3 Å². The summed E-state index contributed by atoms with van der Waals surface area (Å²) in [6.07, 6.45) is 0.810. The zero-order valence-corrected chi connectivity index (χ0v) is 7.51. The fourth-order valence-electron chi connectivity index (χ4n) is 1.06. The summed E-state index contributed by atoms with van der Waals surface area (Å²) in [4.78, 5) is 4.03. The molecule has 1 saturated heterocycles. The molecule has 70 valence electrons. The van der Waals surface area contributed by atoms with Crippen LogP contribution in [0.2, 0.25) is 5.02 Å². The molecule has 2 rings (SSSR count). The van der Waals surface area contributed by atoms with E-state index < -0.39 is 19.2 Å². The van der Waals surface area contributed by atoms with E-state index in [0.29, 0.717) is 10.7 Å². The maximum atomic E-state index is 7.50. The molecule has 4 heteroatoms. The third-order valence-electron chi connectivity index (χ3n) is 1.71. The lowest BCUT2D eigenvalue weighted by Gasteiger charge is -2.22. The molecule has 0 aromatic carbocycles. The van der Waals surface area contributed by atoms with Crippen LogP contribution >= 0.6 is 11.6 Å². The summed E-state index contributed by atoms with van der Waals surface area (Å²) in [5.41, 5.74) is 0.515. The van der Waals surface area contributed by atoms with E-state index in [1.807, 2.05) is 0 Å². The van der Waals surface area contributed by atoms with Crippen LogP contribution in [0.3, 0.4) is 0 Å². The molecule has 1 aliphatic heterocycles. The van der Waals surface area contributed by atoms with Crippen LogP contribution in [0.25, 0.3) is 0 Å². The number of hydrogen-bond acceptors (Lipinski definition) is 3. The van der Waals surface area contributed by atoms with Gasteiger partial charge in [0.1, 0.15) is 6.10 Å². The predicted molar refractivity (Wildman–Crippen MR) is 50.8 cm³/mol. The van der Waals surface area contributed by atoms with E-state index >= 15 is 0 Å². The van der Waals surface area contributed by atoms with Gasteiger partial charge in [-0.2, -0.15) is 0 Å². The van der Waals surface area contributed by atoms with Gasteiger partial charge in [-0.1, -0.05) is 11.6 Å². The maximum Gasteiger partial charge on any atom is 0.112 e. The standard InChI is InChI=1S/C9H11ClN2O/c10-7-1-2-8(12-5-7)9-6-11-3-4-13-9/h1-2,5,9,11H,3-4,6H2/i3D2,4D2. The van der Waals surface area contributed by atoms with Gasteiger partial charge in [0.25, 0.3) is 0 Å². The maximum absolute atomic E-state index is 7.50. The van der Waals surface area contributed by atoms with Crippen molar-refractivity contribution >= 4 is 11.6 Å². The van der Waals surface area contributed by atoms with Gasteiger partial charge in [-0.3, -0.25) is 4.98 Å². The van der Waals surface area contributed by atoms with Crippen LogP contribution in [0.5, 0.6) is 0 Å². The Bertz CT molecular complexity index is 412. The van der Waals surface area contributed by atoms with E-state index in [-0.39, 0.29) is 6.54 Å². The van der Waals surface area contributed by atoms with Crippen LogP contribution in [-0.4, -0.2) is 24.6 Å². The van der Waals surface area contributed by atoms with Crippen LogP contribution < -0.4 is 5.32 Å². The molecule has 1 fully saturated rings. The summed E-state index contributed by atoms with van der Waals surface area (Å²) in [5, 5.41) is 2.95. The number of nitrogens with one attached hydrogen (secondary N) is 1. The van der Waals surface area contributed by atoms with Crippen molar-refractivity contribution in [3.8, 4) is 0 Å². The molecule has 1 aliphatic rings. The van der Waals surface area contributed by atoms with Gasteiger partial charge >= 0.3 is 0 Å². The topological polar surface area (TPSA) is 34.2 Å². The summed E-state index contributed by atoms with van der Waals surface area (Å²) in [6, 6.07) is 3.26. The SMILES string of the molecule is [2H]C1([2H])NCC(c2ccc(Cl)cn2)OC1([2H])[2H]. The number of ether oxygens (including phenoxy) is 1. The molecule has 1 aromatic heterocycles. The van der Waals surface area contributed by atoms with Crippen molar-refractivity contribution in [3.05, 3.63) is 29.0 Å². The molecule has 0 spiro atoms. The van der Waals surface area contributed by atoms with Crippen molar-refractivity contribution in [2.45, 2.75) is 6.10 Å². The minimum absolute atomic E-state index is 0.154. The highest BCUT2D eigenvalue weighted by molar-refractivity contribution is 6.30. The molecule has 1 unspecified atom stereocenters. The smallest absolute Gasteiger partial charge is 0.112 e. The number of halogens is 1. The summed E-state index contributed by atoms with van der Waals surface area (Å²) >= 11 is 5.70. The third kappa shape index (κ3) is 2.18. The van der Waals surface area contributed by atoms with Crippen LogP contribution in [0.15, 0.2) is 18.3 Å². The second kappa shape index (κ2) is 4.05. The van der Waals surface area contributed by atoms with Crippen LogP contribution in [0, 0.1) is 0 Å². The van der Waals surface area contributed by atoms with Gasteiger partial charge < -0.3 is 10.1 Å². The molecular weight excluding hydrogens is 188 g/mol. The predicted octanol–water partition coefficient (Wildman–Crippen LogP) is 1.40. The molecular formula is C9H11ClN2O. The Morgan fingerprint density at radius 1 is 1.69 bits per heavy atom. The lowest BCUT2D eigenvalue weighted by Crippen LogP contribution is -2.33. The molecule has 1 aromatic rings. The Balaban J connectivity index is 2.18. The Kier molecular flexibility index (Phi) is 1.65. The molecule has 3 nitrogen and oxygen atoms in total.